The number of ether oxygens (including phenoxy) is 1. The van der Waals surface area contributed by atoms with Crippen molar-refractivity contribution < 1.29 is 9.84 Å². The van der Waals surface area contributed by atoms with Gasteiger partial charge in [0.15, 0.2) is 0 Å². The molecular weight excluding hydrogens is 214 g/mol. The zero-order valence-corrected chi connectivity index (χ0v) is 11.5. The number of aliphatic hydroxyl groups excluding tert-OH is 1. The summed E-state index contributed by atoms with van der Waals surface area (Å²) in [6, 6.07) is 0.678. The lowest BCUT2D eigenvalue weighted by Crippen LogP contribution is -2.43. The van der Waals surface area contributed by atoms with E-state index in [4.69, 9.17) is 4.74 Å². The lowest BCUT2D eigenvalue weighted by atomic mass is 9.95. The van der Waals surface area contributed by atoms with Gasteiger partial charge in [0.1, 0.15) is 0 Å². The van der Waals surface area contributed by atoms with Gasteiger partial charge in [-0.1, -0.05) is 32.6 Å². The first-order valence-corrected chi connectivity index (χ1v) is 7.16. The van der Waals surface area contributed by atoms with Gasteiger partial charge in [-0.2, -0.15) is 0 Å². The molecule has 3 unspecified atom stereocenters. The van der Waals surface area contributed by atoms with Gasteiger partial charge in [0.2, 0.25) is 0 Å². The molecule has 0 heterocycles. The largest absolute Gasteiger partial charge is 0.395 e. The van der Waals surface area contributed by atoms with Gasteiger partial charge in [-0.25, -0.2) is 0 Å². The molecule has 3 heteroatoms. The van der Waals surface area contributed by atoms with Gasteiger partial charge in [-0.15, -0.1) is 0 Å². The van der Waals surface area contributed by atoms with Gasteiger partial charge in [0, 0.05) is 13.2 Å². The summed E-state index contributed by atoms with van der Waals surface area (Å²) in [7, 11) is 1.69. The third kappa shape index (κ3) is 5.84. The lowest BCUT2D eigenvalue weighted by Gasteiger charge is -2.23. The maximum absolute atomic E-state index is 9.25. The van der Waals surface area contributed by atoms with E-state index in [-0.39, 0.29) is 12.6 Å². The van der Waals surface area contributed by atoms with E-state index in [1.165, 1.54) is 44.9 Å². The molecule has 0 radical (unpaired) electrons. The first-order chi connectivity index (χ1) is 8.30. The second-order valence-electron chi connectivity index (χ2n) is 5.36. The van der Waals surface area contributed by atoms with Gasteiger partial charge < -0.3 is 15.2 Å². The number of rotatable bonds is 7. The van der Waals surface area contributed by atoms with Crippen molar-refractivity contribution >= 4 is 0 Å². The number of methoxy groups -OCH3 is 1. The van der Waals surface area contributed by atoms with E-state index in [2.05, 4.69) is 12.2 Å². The topological polar surface area (TPSA) is 41.5 Å². The van der Waals surface area contributed by atoms with Crippen molar-refractivity contribution in [1.29, 1.82) is 0 Å². The summed E-state index contributed by atoms with van der Waals surface area (Å²) in [5, 5.41) is 12.8. The summed E-state index contributed by atoms with van der Waals surface area (Å²) >= 11 is 0. The van der Waals surface area contributed by atoms with Crippen molar-refractivity contribution in [3.05, 3.63) is 0 Å². The van der Waals surface area contributed by atoms with Gasteiger partial charge in [-0.05, 0) is 25.2 Å². The Morgan fingerprint density at radius 2 is 2.12 bits per heavy atom. The quantitative estimate of drug-likeness (QED) is 0.674. The van der Waals surface area contributed by atoms with Crippen molar-refractivity contribution in [1.82, 2.24) is 5.32 Å². The molecule has 1 fully saturated rings. The predicted molar refractivity (Wildman–Crippen MR) is 71.2 cm³/mol. The summed E-state index contributed by atoms with van der Waals surface area (Å²) in [6.45, 7) is 3.05. The monoisotopic (exact) mass is 243 g/mol. The van der Waals surface area contributed by atoms with Gasteiger partial charge in [0.25, 0.3) is 0 Å². The molecule has 1 rings (SSSR count). The summed E-state index contributed by atoms with van der Waals surface area (Å²) in [5.74, 6) is 0.932. The van der Waals surface area contributed by atoms with Crippen molar-refractivity contribution in [2.45, 2.75) is 64.0 Å². The van der Waals surface area contributed by atoms with Crippen LogP contribution in [0.5, 0.6) is 0 Å². The molecule has 1 aliphatic carbocycles. The first-order valence-electron chi connectivity index (χ1n) is 7.16. The fourth-order valence-corrected chi connectivity index (χ4v) is 2.93. The number of hydrogen-bond acceptors (Lipinski definition) is 3. The van der Waals surface area contributed by atoms with Crippen molar-refractivity contribution in [3.8, 4) is 0 Å². The Balaban J connectivity index is 2.29. The molecule has 1 saturated carbocycles. The molecule has 17 heavy (non-hydrogen) atoms. The summed E-state index contributed by atoms with van der Waals surface area (Å²) < 4.78 is 5.10. The van der Waals surface area contributed by atoms with E-state index in [0.29, 0.717) is 12.6 Å². The van der Waals surface area contributed by atoms with Gasteiger partial charge in [0.05, 0.1) is 19.3 Å². The van der Waals surface area contributed by atoms with Crippen LogP contribution in [0.3, 0.4) is 0 Å². The molecule has 0 aliphatic heterocycles. The summed E-state index contributed by atoms with van der Waals surface area (Å²) in [6.07, 6.45) is 9.26. The molecule has 0 aromatic heterocycles. The van der Waals surface area contributed by atoms with Crippen LogP contribution in [0.15, 0.2) is 0 Å². The minimum absolute atomic E-state index is 0.104. The molecule has 1 aliphatic rings. The maximum Gasteiger partial charge on any atom is 0.0638 e. The Hall–Kier alpha value is -0.120. The van der Waals surface area contributed by atoms with E-state index in [1.54, 1.807) is 7.11 Å². The van der Waals surface area contributed by atoms with E-state index < -0.39 is 0 Å². The third-order valence-corrected chi connectivity index (χ3v) is 3.84. The second-order valence-corrected chi connectivity index (χ2v) is 5.36. The van der Waals surface area contributed by atoms with Crippen LogP contribution in [0.2, 0.25) is 0 Å². The molecule has 2 N–H and O–H groups in total. The van der Waals surface area contributed by atoms with Crippen LogP contribution >= 0.6 is 0 Å². The molecule has 102 valence electrons. The van der Waals surface area contributed by atoms with E-state index >= 15 is 0 Å². The van der Waals surface area contributed by atoms with Crippen LogP contribution in [-0.2, 0) is 4.74 Å². The Kier molecular flexibility index (Phi) is 7.82. The van der Waals surface area contributed by atoms with Gasteiger partial charge in [-0.3, -0.25) is 0 Å². The van der Waals surface area contributed by atoms with Crippen molar-refractivity contribution in [2.24, 2.45) is 5.92 Å². The predicted octanol–water partition coefficient (Wildman–Crippen LogP) is 2.33. The molecule has 3 nitrogen and oxygen atoms in total. The fourth-order valence-electron chi connectivity index (χ4n) is 2.93. The summed E-state index contributed by atoms with van der Waals surface area (Å²) in [5.41, 5.74) is 0. The average Bonchev–Trinajstić information content (AvgIpc) is 2.55. The smallest absolute Gasteiger partial charge is 0.0638 e. The zero-order valence-electron chi connectivity index (χ0n) is 11.5. The molecule has 0 bridgehead atoms. The van der Waals surface area contributed by atoms with Crippen molar-refractivity contribution in [2.75, 3.05) is 20.3 Å². The SMILES string of the molecule is CCCC1CCCC(NC(CO)COC)CC1. The van der Waals surface area contributed by atoms with E-state index in [9.17, 15) is 5.11 Å². The highest BCUT2D eigenvalue weighted by atomic mass is 16.5. The third-order valence-electron chi connectivity index (χ3n) is 3.84. The minimum atomic E-state index is 0.104. The van der Waals surface area contributed by atoms with Crippen molar-refractivity contribution in [3.63, 3.8) is 0 Å². The molecule has 0 aromatic rings. The second kappa shape index (κ2) is 8.90. The number of nitrogens with one attached hydrogen (secondary N) is 1. The van der Waals surface area contributed by atoms with Crippen LogP contribution < -0.4 is 5.32 Å². The Morgan fingerprint density at radius 3 is 2.76 bits per heavy atom. The van der Waals surface area contributed by atoms with Crippen LogP contribution in [0.25, 0.3) is 0 Å². The first kappa shape index (κ1) is 14.9. The zero-order chi connectivity index (χ0) is 12.5. The highest BCUT2D eigenvalue weighted by molar-refractivity contribution is 4.78. The highest BCUT2D eigenvalue weighted by Crippen LogP contribution is 2.26. The van der Waals surface area contributed by atoms with Crippen LogP contribution in [0.1, 0.15) is 51.9 Å². The Bertz CT molecular complexity index is 187. The average molecular weight is 243 g/mol. The molecule has 0 spiro atoms. The number of hydrogen-bond donors (Lipinski definition) is 2. The lowest BCUT2D eigenvalue weighted by molar-refractivity contribution is 0.120. The minimum Gasteiger partial charge on any atom is -0.395 e. The van der Waals surface area contributed by atoms with E-state index in [1.807, 2.05) is 0 Å². The van der Waals surface area contributed by atoms with Crippen LogP contribution in [-0.4, -0.2) is 37.5 Å². The molecule has 3 atom stereocenters. The maximum atomic E-state index is 9.25. The number of aliphatic hydroxyl groups is 1. The molecular formula is C14H29NO2. The Labute approximate surface area is 106 Å². The molecule has 0 saturated heterocycles. The molecule has 0 amide bonds. The highest BCUT2D eigenvalue weighted by Gasteiger charge is 2.20. The fraction of sp³-hybridized carbons (Fsp3) is 1.00. The van der Waals surface area contributed by atoms with E-state index in [0.717, 1.165) is 5.92 Å². The van der Waals surface area contributed by atoms with Crippen LogP contribution in [0.4, 0.5) is 0 Å². The molecule has 0 aromatic carbocycles. The standard InChI is InChI=1S/C14H29NO2/c1-3-5-12-6-4-7-13(9-8-12)15-14(10-16)11-17-2/h12-16H,3-11H2,1-2H3. The summed E-state index contributed by atoms with van der Waals surface area (Å²) in [4.78, 5) is 0. The van der Waals surface area contributed by atoms with Crippen LogP contribution in [0, 0.1) is 5.92 Å². The Morgan fingerprint density at radius 1 is 1.29 bits per heavy atom. The normalized spacial score (nSPS) is 27.7. The van der Waals surface area contributed by atoms with Gasteiger partial charge >= 0.3 is 0 Å².